The number of hydrogen-bond acceptors (Lipinski definition) is 2. The smallest absolute Gasteiger partial charge is 0.270 e. The van der Waals surface area contributed by atoms with E-state index in [1.54, 1.807) is 12.1 Å². The van der Waals surface area contributed by atoms with Crippen LogP contribution in [-0.4, -0.2) is 38.6 Å². The number of likely N-dealkylation sites (tertiary alicyclic amines) is 1. The van der Waals surface area contributed by atoms with E-state index >= 15 is 0 Å². The van der Waals surface area contributed by atoms with Crippen molar-refractivity contribution in [3.63, 3.8) is 0 Å². The standard InChI is InChI=1S/C21H31F2N.C2H7N/c1-20(11-4-3-5-12-20)19(16-24-13-6-7-14-24)17-9-8-10-18(15-17)21(2,22)23;1-3-2/h8-10,15,19H,3-7,11-14,16H2,1-2H3;3H,1-2H3. The van der Waals surface area contributed by atoms with Gasteiger partial charge >= 0.3 is 0 Å². The summed E-state index contributed by atoms with van der Waals surface area (Å²) in [6, 6.07) is 7.25. The fraction of sp³-hybridized carbons (Fsp3) is 0.739. The van der Waals surface area contributed by atoms with Gasteiger partial charge in [0.2, 0.25) is 0 Å². The summed E-state index contributed by atoms with van der Waals surface area (Å²) >= 11 is 0. The van der Waals surface area contributed by atoms with Crippen molar-refractivity contribution in [1.29, 1.82) is 0 Å². The van der Waals surface area contributed by atoms with Gasteiger partial charge in [0.1, 0.15) is 0 Å². The lowest BCUT2D eigenvalue weighted by Crippen LogP contribution is -2.37. The quantitative estimate of drug-likeness (QED) is 0.696. The number of benzene rings is 1. The lowest BCUT2D eigenvalue weighted by molar-refractivity contribution is 0.0172. The Balaban J connectivity index is 0.000000817. The van der Waals surface area contributed by atoms with Gasteiger partial charge in [-0.15, -0.1) is 0 Å². The Bertz CT molecular complexity index is 556. The van der Waals surface area contributed by atoms with Gasteiger partial charge in [-0.05, 0) is 69.9 Å². The van der Waals surface area contributed by atoms with E-state index in [4.69, 9.17) is 0 Å². The second-order valence-electron chi connectivity index (χ2n) is 8.79. The monoisotopic (exact) mass is 380 g/mol. The second kappa shape index (κ2) is 9.97. The van der Waals surface area contributed by atoms with Crippen LogP contribution in [0.25, 0.3) is 0 Å². The maximum absolute atomic E-state index is 13.8. The third kappa shape index (κ3) is 6.25. The number of alkyl halides is 2. The first-order valence-electron chi connectivity index (χ1n) is 10.6. The zero-order valence-corrected chi connectivity index (χ0v) is 17.7. The number of rotatable bonds is 5. The van der Waals surface area contributed by atoms with Gasteiger partial charge in [0.15, 0.2) is 0 Å². The first kappa shape index (κ1) is 22.3. The van der Waals surface area contributed by atoms with Crippen molar-refractivity contribution in [1.82, 2.24) is 10.2 Å². The molecule has 0 aromatic heterocycles. The molecular formula is C23H38F2N2. The third-order valence-corrected chi connectivity index (χ3v) is 6.27. The highest BCUT2D eigenvalue weighted by atomic mass is 19.3. The van der Waals surface area contributed by atoms with E-state index in [0.29, 0.717) is 5.92 Å². The third-order valence-electron chi connectivity index (χ3n) is 6.27. The molecular weight excluding hydrogens is 342 g/mol. The lowest BCUT2D eigenvalue weighted by atomic mass is 9.64. The van der Waals surface area contributed by atoms with Crippen LogP contribution in [0, 0.1) is 5.41 Å². The highest BCUT2D eigenvalue weighted by Gasteiger charge is 2.38. The molecule has 1 aromatic carbocycles. The first-order valence-corrected chi connectivity index (χ1v) is 10.6. The second-order valence-corrected chi connectivity index (χ2v) is 8.79. The molecule has 1 saturated heterocycles. The number of halogens is 2. The molecule has 1 N–H and O–H groups in total. The van der Waals surface area contributed by atoms with Crippen LogP contribution < -0.4 is 5.32 Å². The van der Waals surface area contributed by atoms with Crippen LogP contribution in [0.2, 0.25) is 0 Å². The molecule has 2 fully saturated rings. The summed E-state index contributed by atoms with van der Waals surface area (Å²) in [5, 5.41) is 2.75. The van der Waals surface area contributed by atoms with Crippen LogP contribution in [-0.2, 0) is 5.92 Å². The van der Waals surface area contributed by atoms with Crippen molar-refractivity contribution < 1.29 is 8.78 Å². The van der Waals surface area contributed by atoms with Gasteiger partial charge in [-0.3, -0.25) is 0 Å². The summed E-state index contributed by atoms with van der Waals surface area (Å²) in [6.07, 6.45) is 8.86. The fourth-order valence-electron chi connectivity index (χ4n) is 4.69. The van der Waals surface area contributed by atoms with Crippen molar-refractivity contribution in [2.24, 2.45) is 5.41 Å². The van der Waals surface area contributed by atoms with Crippen molar-refractivity contribution in [3.8, 4) is 0 Å². The van der Waals surface area contributed by atoms with E-state index < -0.39 is 5.92 Å². The molecule has 2 aliphatic rings. The van der Waals surface area contributed by atoms with Crippen molar-refractivity contribution >= 4 is 0 Å². The normalized spacial score (nSPS) is 21.4. The van der Waals surface area contributed by atoms with E-state index in [-0.39, 0.29) is 11.0 Å². The largest absolute Gasteiger partial charge is 0.323 e. The molecule has 2 nitrogen and oxygen atoms in total. The van der Waals surface area contributed by atoms with Gasteiger partial charge in [0.05, 0.1) is 0 Å². The maximum Gasteiger partial charge on any atom is 0.270 e. The molecule has 1 aliphatic heterocycles. The molecule has 3 rings (SSSR count). The molecule has 0 spiro atoms. The van der Waals surface area contributed by atoms with Crippen LogP contribution in [0.5, 0.6) is 0 Å². The van der Waals surface area contributed by atoms with E-state index in [1.807, 2.05) is 20.2 Å². The van der Waals surface area contributed by atoms with Crippen molar-refractivity contribution in [3.05, 3.63) is 35.4 Å². The molecule has 1 unspecified atom stereocenters. The number of nitrogens with zero attached hydrogens (tertiary/aromatic N) is 1. The Morgan fingerprint density at radius 3 is 2.22 bits per heavy atom. The number of hydrogen-bond donors (Lipinski definition) is 1. The molecule has 1 atom stereocenters. The first-order chi connectivity index (χ1) is 12.8. The van der Waals surface area contributed by atoms with Crippen LogP contribution in [0.3, 0.4) is 0 Å². The molecule has 1 saturated carbocycles. The fourth-order valence-corrected chi connectivity index (χ4v) is 4.69. The maximum atomic E-state index is 13.8. The topological polar surface area (TPSA) is 15.3 Å². The highest BCUT2D eigenvalue weighted by Crippen LogP contribution is 2.48. The molecule has 154 valence electrons. The molecule has 27 heavy (non-hydrogen) atoms. The van der Waals surface area contributed by atoms with Crippen molar-refractivity contribution in [2.45, 2.75) is 70.6 Å². The van der Waals surface area contributed by atoms with Crippen LogP contribution >= 0.6 is 0 Å². The summed E-state index contributed by atoms with van der Waals surface area (Å²) in [6.45, 7) is 6.75. The summed E-state index contributed by atoms with van der Waals surface area (Å²) in [5.41, 5.74) is 1.51. The minimum absolute atomic E-state index is 0.158. The molecule has 1 aromatic rings. The average molecular weight is 381 g/mol. The van der Waals surface area contributed by atoms with E-state index in [9.17, 15) is 8.78 Å². The predicted molar refractivity (Wildman–Crippen MR) is 111 cm³/mol. The van der Waals surface area contributed by atoms with E-state index in [1.165, 1.54) is 44.9 Å². The zero-order chi connectivity index (χ0) is 19.9. The minimum Gasteiger partial charge on any atom is -0.323 e. The van der Waals surface area contributed by atoms with Gasteiger partial charge in [0, 0.05) is 24.9 Å². The van der Waals surface area contributed by atoms with Gasteiger partial charge in [0.25, 0.3) is 5.92 Å². The molecule has 0 bridgehead atoms. The Kier molecular flexibility index (Phi) is 8.23. The van der Waals surface area contributed by atoms with Crippen molar-refractivity contribution in [2.75, 3.05) is 33.7 Å². The van der Waals surface area contributed by atoms with E-state index in [0.717, 1.165) is 32.1 Å². The molecule has 1 aliphatic carbocycles. The summed E-state index contributed by atoms with van der Waals surface area (Å²) in [7, 11) is 3.75. The molecule has 4 heteroatoms. The molecule has 0 radical (unpaired) electrons. The van der Waals surface area contributed by atoms with Crippen LogP contribution in [0.4, 0.5) is 8.78 Å². The van der Waals surface area contributed by atoms with Gasteiger partial charge in [-0.2, -0.15) is 0 Å². The van der Waals surface area contributed by atoms with Gasteiger partial charge in [-0.1, -0.05) is 44.4 Å². The predicted octanol–water partition coefficient (Wildman–Crippen LogP) is 5.78. The van der Waals surface area contributed by atoms with Crippen LogP contribution in [0.1, 0.15) is 75.8 Å². The highest BCUT2D eigenvalue weighted by molar-refractivity contribution is 5.31. The average Bonchev–Trinajstić information content (AvgIpc) is 3.14. The Hall–Kier alpha value is -1.00. The Morgan fingerprint density at radius 2 is 1.67 bits per heavy atom. The molecule has 0 amide bonds. The summed E-state index contributed by atoms with van der Waals surface area (Å²) < 4.78 is 27.7. The Morgan fingerprint density at radius 1 is 1.07 bits per heavy atom. The summed E-state index contributed by atoms with van der Waals surface area (Å²) in [5.74, 6) is -2.40. The van der Waals surface area contributed by atoms with Gasteiger partial charge < -0.3 is 10.2 Å². The van der Waals surface area contributed by atoms with Gasteiger partial charge in [-0.25, -0.2) is 8.78 Å². The SMILES string of the molecule is CC(F)(F)c1cccc(C(CN2CCCC2)C2(C)CCCCC2)c1.CNC. The minimum atomic E-state index is -2.76. The zero-order valence-electron chi connectivity index (χ0n) is 17.7. The Labute approximate surface area is 164 Å². The lowest BCUT2D eigenvalue weighted by Gasteiger charge is -2.43. The van der Waals surface area contributed by atoms with E-state index in [2.05, 4.69) is 23.2 Å². The van der Waals surface area contributed by atoms with Crippen LogP contribution in [0.15, 0.2) is 24.3 Å². The number of nitrogens with one attached hydrogen (secondary N) is 1. The molecule has 1 heterocycles. The summed E-state index contributed by atoms with van der Waals surface area (Å²) in [4.78, 5) is 2.54.